The van der Waals surface area contributed by atoms with E-state index in [1.165, 1.54) is 0 Å². The van der Waals surface area contributed by atoms with Gasteiger partial charge in [-0.25, -0.2) is 4.98 Å². The van der Waals surface area contributed by atoms with Gasteiger partial charge in [0.05, 0.1) is 39.6 Å². The van der Waals surface area contributed by atoms with Crippen molar-refractivity contribution in [1.29, 1.82) is 0 Å². The number of nitrogens with zero attached hydrogens (tertiary/aromatic N) is 6. The number of amides is 1. The maximum Gasteiger partial charge on any atom is 0.306 e. The number of benzene rings is 2. The zero-order valence-electron chi connectivity index (χ0n) is 32.2. The normalized spacial score (nSPS) is 20.3. The highest BCUT2D eigenvalue weighted by molar-refractivity contribution is 6.36. The first-order valence-corrected chi connectivity index (χ1v) is 20.3. The number of β-amino-alcohol motifs (C(OH)–C–C–N with tert-alkyl or cyclic N) is 1. The third kappa shape index (κ3) is 8.09. The summed E-state index contributed by atoms with van der Waals surface area (Å²) in [5.41, 5.74) is 9.45. The van der Waals surface area contributed by atoms with E-state index >= 15 is 0 Å². The number of anilines is 1. The van der Waals surface area contributed by atoms with Crippen LogP contribution in [-0.2, 0) is 37.8 Å². The molecule has 1 aliphatic carbocycles. The van der Waals surface area contributed by atoms with E-state index in [2.05, 4.69) is 40.2 Å². The molecular formula is C44H50ClN7O4. The maximum atomic E-state index is 13.8. The molecule has 5 aromatic rings. The SMILES string of the molecule is Cc1c(Cc2nccc3cc(CN4CC[C@@H](O)C4)cnc23)cccc1-c1cccc(NC(=O)c2nc3c(n2C)CCN(CCC2CCC(C(=O)O)CC2)C3)c1Cl. The third-order valence-electron chi connectivity index (χ3n) is 12.3. The van der Waals surface area contributed by atoms with Gasteiger partial charge in [0.25, 0.3) is 5.91 Å². The van der Waals surface area contributed by atoms with Crippen LogP contribution >= 0.6 is 11.6 Å². The molecule has 0 radical (unpaired) electrons. The van der Waals surface area contributed by atoms with E-state index in [-0.39, 0.29) is 17.9 Å². The van der Waals surface area contributed by atoms with Crippen LogP contribution in [0.4, 0.5) is 5.69 Å². The first kappa shape index (κ1) is 38.2. The van der Waals surface area contributed by atoms with E-state index in [4.69, 9.17) is 26.6 Å². The van der Waals surface area contributed by atoms with Gasteiger partial charge in [0, 0.05) is 81.7 Å². The number of carbonyl (C=O) groups is 2. The number of carboxylic acid groups (broad SMARTS) is 1. The number of nitrogens with one attached hydrogen (secondary N) is 1. The quantitative estimate of drug-likeness (QED) is 0.129. The molecule has 1 saturated carbocycles. The molecule has 2 aromatic carbocycles. The third-order valence-corrected chi connectivity index (χ3v) is 12.7. The lowest BCUT2D eigenvalue weighted by molar-refractivity contribution is -0.143. The Morgan fingerprint density at radius 2 is 1.79 bits per heavy atom. The van der Waals surface area contributed by atoms with Crippen molar-refractivity contribution >= 4 is 40.1 Å². The number of hydrogen-bond donors (Lipinski definition) is 3. The second kappa shape index (κ2) is 16.4. The van der Waals surface area contributed by atoms with Crippen LogP contribution < -0.4 is 5.32 Å². The van der Waals surface area contributed by atoms with Gasteiger partial charge < -0.3 is 20.1 Å². The van der Waals surface area contributed by atoms with E-state index in [0.29, 0.717) is 42.0 Å². The summed E-state index contributed by atoms with van der Waals surface area (Å²) in [5, 5.41) is 23.8. The van der Waals surface area contributed by atoms with Gasteiger partial charge in [-0.3, -0.25) is 29.4 Å². The highest BCUT2D eigenvalue weighted by Gasteiger charge is 2.29. The fourth-order valence-electron chi connectivity index (χ4n) is 9.00. The Morgan fingerprint density at radius 3 is 2.57 bits per heavy atom. The van der Waals surface area contributed by atoms with Crippen LogP contribution in [0, 0.1) is 18.8 Å². The number of halogens is 1. The van der Waals surface area contributed by atoms with Crippen molar-refractivity contribution < 1.29 is 19.8 Å². The zero-order valence-corrected chi connectivity index (χ0v) is 32.9. The second-order valence-corrected chi connectivity index (χ2v) is 16.4. The van der Waals surface area contributed by atoms with Gasteiger partial charge in [0.15, 0.2) is 5.82 Å². The topological polar surface area (TPSA) is 137 Å². The molecule has 292 valence electrons. The van der Waals surface area contributed by atoms with Crippen LogP contribution in [0.2, 0.25) is 5.02 Å². The minimum absolute atomic E-state index is 0.185. The molecule has 3 aromatic heterocycles. The van der Waals surface area contributed by atoms with E-state index in [0.717, 1.165) is 127 Å². The summed E-state index contributed by atoms with van der Waals surface area (Å²) >= 11 is 7.09. The molecule has 0 spiro atoms. The highest BCUT2D eigenvalue weighted by atomic mass is 35.5. The van der Waals surface area contributed by atoms with Gasteiger partial charge in [-0.15, -0.1) is 0 Å². The number of aliphatic carboxylic acids is 1. The van der Waals surface area contributed by atoms with Crippen LogP contribution in [0.1, 0.15) is 82.9 Å². The molecular weight excluding hydrogens is 726 g/mol. The summed E-state index contributed by atoms with van der Waals surface area (Å²) in [5.74, 6) is -0.216. The Hall–Kier alpha value is -4.68. The molecule has 1 amide bonds. The zero-order chi connectivity index (χ0) is 38.9. The molecule has 5 heterocycles. The highest BCUT2D eigenvalue weighted by Crippen LogP contribution is 2.37. The summed E-state index contributed by atoms with van der Waals surface area (Å²) in [6, 6.07) is 16.1. The van der Waals surface area contributed by atoms with Gasteiger partial charge in [-0.05, 0) is 98.4 Å². The van der Waals surface area contributed by atoms with E-state index in [9.17, 15) is 19.8 Å². The number of imidazole rings is 1. The van der Waals surface area contributed by atoms with Crippen molar-refractivity contribution in [2.75, 3.05) is 31.5 Å². The lowest BCUT2D eigenvalue weighted by Gasteiger charge is -2.30. The fourth-order valence-corrected chi connectivity index (χ4v) is 9.27. The van der Waals surface area contributed by atoms with Crippen molar-refractivity contribution in [2.24, 2.45) is 18.9 Å². The fraction of sp³-hybridized carbons (Fsp3) is 0.432. The number of likely N-dealkylation sites (tertiary alicyclic amines) is 1. The number of hydrogen-bond acceptors (Lipinski definition) is 8. The summed E-state index contributed by atoms with van der Waals surface area (Å²) in [6.45, 7) is 7.01. The number of pyridine rings is 2. The molecule has 1 atom stereocenters. The predicted octanol–water partition coefficient (Wildman–Crippen LogP) is 7.04. The molecule has 0 unspecified atom stereocenters. The largest absolute Gasteiger partial charge is 0.481 e. The molecule has 3 aliphatic rings. The molecule has 8 rings (SSSR count). The monoisotopic (exact) mass is 775 g/mol. The van der Waals surface area contributed by atoms with Gasteiger partial charge in [0.2, 0.25) is 0 Å². The Kier molecular flexibility index (Phi) is 11.2. The first-order valence-electron chi connectivity index (χ1n) is 19.9. The van der Waals surface area contributed by atoms with Crippen LogP contribution in [0.25, 0.3) is 22.0 Å². The Labute approximate surface area is 332 Å². The molecule has 12 heteroatoms. The molecule has 1 saturated heterocycles. The molecule has 2 aliphatic heterocycles. The summed E-state index contributed by atoms with van der Waals surface area (Å²) in [7, 11) is 1.91. The van der Waals surface area contributed by atoms with Crippen molar-refractivity contribution in [2.45, 2.75) is 77.5 Å². The van der Waals surface area contributed by atoms with Crippen LogP contribution in [0.3, 0.4) is 0 Å². The first-order chi connectivity index (χ1) is 27.1. The van der Waals surface area contributed by atoms with Crippen molar-refractivity contribution in [3.63, 3.8) is 0 Å². The van der Waals surface area contributed by atoms with Gasteiger partial charge >= 0.3 is 5.97 Å². The van der Waals surface area contributed by atoms with Crippen LogP contribution in [-0.4, -0.2) is 83.7 Å². The van der Waals surface area contributed by atoms with Crippen LogP contribution in [0.5, 0.6) is 0 Å². The second-order valence-electron chi connectivity index (χ2n) is 16.0. The number of carbonyl (C=O) groups excluding carboxylic acids is 1. The van der Waals surface area contributed by atoms with Gasteiger partial charge in [-0.1, -0.05) is 41.9 Å². The lowest BCUT2D eigenvalue weighted by Crippen LogP contribution is -2.33. The molecule has 56 heavy (non-hydrogen) atoms. The average Bonchev–Trinajstić information content (AvgIpc) is 3.76. The Bertz CT molecular complexity index is 2270. The standard InChI is InChI=1S/C44H50ClN7O4/c1-27-31(22-37-41-32(13-17-46-37)21-29(23-47-41)24-52-19-15-33(53)25-52)5-3-6-34(27)35-7-4-8-36(40(35)45)49-43(54)42-48-38-26-51(20-16-39(38)50(42)2)18-14-28-9-11-30(12-10-28)44(55)56/h3-8,13,17,21,23,28,30,33,53H,9-12,14-16,18-20,22,24-26H2,1-2H3,(H,49,54)(H,55,56)/t28?,30?,33-/m1/s1. The smallest absolute Gasteiger partial charge is 0.306 e. The lowest BCUT2D eigenvalue weighted by atomic mass is 9.80. The van der Waals surface area contributed by atoms with E-state index < -0.39 is 5.97 Å². The van der Waals surface area contributed by atoms with Gasteiger partial charge in [-0.2, -0.15) is 0 Å². The molecule has 0 bridgehead atoms. The number of fused-ring (bicyclic) bond motifs is 2. The predicted molar refractivity (Wildman–Crippen MR) is 218 cm³/mol. The minimum Gasteiger partial charge on any atom is -0.481 e. The Balaban J connectivity index is 0.941. The number of carboxylic acids is 1. The number of aliphatic hydroxyl groups excluding tert-OH is 1. The van der Waals surface area contributed by atoms with E-state index in [1.807, 2.05) is 54.3 Å². The summed E-state index contributed by atoms with van der Waals surface area (Å²) < 4.78 is 1.91. The van der Waals surface area contributed by atoms with Gasteiger partial charge in [0.1, 0.15) is 0 Å². The maximum absolute atomic E-state index is 13.8. The average molecular weight is 776 g/mol. The molecule has 3 N–H and O–H groups in total. The summed E-state index contributed by atoms with van der Waals surface area (Å²) in [4.78, 5) is 44.2. The van der Waals surface area contributed by atoms with Crippen molar-refractivity contribution in [3.8, 4) is 11.1 Å². The Morgan fingerprint density at radius 1 is 0.982 bits per heavy atom. The van der Waals surface area contributed by atoms with Crippen molar-refractivity contribution in [1.82, 2.24) is 29.3 Å². The molecule has 11 nitrogen and oxygen atoms in total. The molecule has 2 fully saturated rings. The summed E-state index contributed by atoms with van der Waals surface area (Å²) in [6.07, 6.45) is 10.3. The number of aromatic nitrogens is 4. The minimum atomic E-state index is -0.659. The van der Waals surface area contributed by atoms with Crippen LogP contribution in [0.15, 0.2) is 60.9 Å². The number of aliphatic hydroxyl groups is 1. The number of rotatable bonds is 11. The van der Waals surface area contributed by atoms with Crippen molar-refractivity contribution in [3.05, 3.63) is 106 Å². The van der Waals surface area contributed by atoms with E-state index in [1.54, 1.807) is 0 Å².